The van der Waals surface area contributed by atoms with Gasteiger partial charge in [-0.25, -0.2) is 0 Å². The van der Waals surface area contributed by atoms with E-state index in [0.29, 0.717) is 0 Å². The van der Waals surface area contributed by atoms with E-state index in [0.717, 1.165) is 0 Å². The van der Waals surface area contributed by atoms with Gasteiger partial charge in [-0.1, -0.05) is 20.3 Å². The summed E-state index contributed by atoms with van der Waals surface area (Å²) in [5.41, 5.74) is 4.93. The number of nitrogens with zero attached hydrogens (tertiary/aromatic N) is 1. The molecule has 0 aromatic heterocycles. The Kier molecular flexibility index (Phi) is 35.8. The minimum Gasteiger partial charge on any atom is -0.643 e. The van der Waals surface area contributed by atoms with Crippen molar-refractivity contribution >= 4 is 17.8 Å². The van der Waals surface area contributed by atoms with Crippen LogP contribution in [-0.2, 0) is 33.9 Å². The molecule has 0 saturated carbocycles. The number of carboxylic acids is 1. The summed E-state index contributed by atoms with van der Waals surface area (Å²) in [7, 11) is 0. The van der Waals surface area contributed by atoms with Crippen LogP contribution < -0.4 is 11.1 Å². The SMILES string of the molecule is CCC.NCC(=O)NCC(=O)[N-]CC(=O)O.O.O.[Zn+2]. The molecule has 0 heterocycles. The number of hydrogen-bond acceptors (Lipinski definition) is 4. The second-order valence-electron chi connectivity index (χ2n) is 2.79. The van der Waals surface area contributed by atoms with Crippen LogP contribution >= 0.6 is 0 Å². The fourth-order valence-electron chi connectivity index (χ4n) is 0.458. The van der Waals surface area contributed by atoms with Crippen molar-refractivity contribution in [2.24, 2.45) is 5.73 Å². The summed E-state index contributed by atoms with van der Waals surface area (Å²) in [4.78, 5) is 31.1. The monoisotopic (exact) mass is 332 g/mol. The van der Waals surface area contributed by atoms with Gasteiger partial charge in [0.2, 0.25) is 5.91 Å². The molecule has 19 heavy (non-hydrogen) atoms. The summed E-state index contributed by atoms with van der Waals surface area (Å²) >= 11 is 0. The first-order valence-electron chi connectivity index (χ1n) is 4.86. The van der Waals surface area contributed by atoms with Gasteiger partial charge in [0.1, 0.15) is 0 Å². The number of amides is 2. The zero-order valence-electron chi connectivity index (χ0n) is 11.2. The van der Waals surface area contributed by atoms with E-state index in [1.807, 2.05) is 0 Å². The zero-order valence-corrected chi connectivity index (χ0v) is 14.2. The second-order valence-corrected chi connectivity index (χ2v) is 2.79. The summed E-state index contributed by atoms with van der Waals surface area (Å²) in [6, 6.07) is 0. The molecule has 0 atom stereocenters. The summed E-state index contributed by atoms with van der Waals surface area (Å²) in [6.45, 7) is 3.13. The van der Waals surface area contributed by atoms with Gasteiger partial charge in [0.05, 0.1) is 19.0 Å². The largest absolute Gasteiger partial charge is 2.00 e. The molecule has 8 N–H and O–H groups in total. The quantitative estimate of drug-likeness (QED) is 0.481. The first-order valence-corrected chi connectivity index (χ1v) is 4.86. The van der Waals surface area contributed by atoms with Crippen LogP contribution in [0.15, 0.2) is 0 Å². The van der Waals surface area contributed by atoms with Gasteiger partial charge in [0.25, 0.3) is 5.97 Å². The van der Waals surface area contributed by atoms with E-state index in [4.69, 9.17) is 10.8 Å². The maximum absolute atomic E-state index is 10.7. The van der Waals surface area contributed by atoms with E-state index in [2.05, 4.69) is 24.5 Å². The Bertz CT molecular complexity index is 240. The average Bonchev–Trinajstić information content (AvgIpc) is 2.24. The van der Waals surface area contributed by atoms with Gasteiger partial charge in [-0.05, 0) is 6.54 Å². The minimum absolute atomic E-state index is 0. The number of aliphatic carboxylic acids is 1. The third-order valence-electron chi connectivity index (χ3n) is 1.01. The predicted octanol–water partition coefficient (Wildman–Crippen LogP) is -2.19. The van der Waals surface area contributed by atoms with E-state index in [1.165, 1.54) is 6.42 Å². The van der Waals surface area contributed by atoms with Crippen molar-refractivity contribution < 1.29 is 49.9 Å². The van der Waals surface area contributed by atoms with Crippen molar-refractivity contribution in [3.8, 4) is 0 Å². The van der Waals surface area contributed by atoms with Gasteiger partial charge >= 0.3 is 19.5 Å². The van der Waals surface area contributed by atoms with Gasteiger partial charge in [0, 0.05) is 0 Å². The number of hydrogen-bond donors (Lipinski definition) is 3. The summed E-state index contributed by atoms with van der Waals surface area (Å²) < 4.78 is 0. The summed E-state index contributed by atoms with van der Waals surface area (Å²) in [6.07, 6.45) is 1.25. The number of rotatable bonds is 5. The molecule has 10 heteroatoms. The van der Waals surface area contributed by atoms with E-state index >= 15 is 0 Å². The van der Waals surface area contributed by atoms with Crippen LogP contribution in [0.3, 0.4) is 0 Å². The molecule has 0 aliphatic carbocycles. The van der Waals surface area contributed by atoms with Crippen molar-refractivity contribution in [2.45, 2.75) is 20.3 Å². The minimum atomic E-state index is -1.20. The van der Waals surface area contributed by atoms with E-state index in [9.17, 15) is 14.4 Å². The standard InChI is InChI=1S/C6H11N3O4.C3H8.2H2O.Zn/c7-1-4(10)8-2-5(11)9-3-6(12)13;1-3-2;;;/h1-3,7H2,(H3,8,9,10,11,12,13);3H2,1-2H3;2*1H2;/q;;;;+2/p-1. The van der Waals surface area contributed by atoms with Gasteiger partial charge in [-0.15, -0.1) is 0 Å². The van der Waals surface area contributed by atoms with Crippen molar-refractivity contribution in [1.29, 1.82) is 0 Å². The van der Waals surface area contributed by atoms with Crippen LogP contribution in [0.5, 0.6) is 0 Å². The number of carbonyl (C=O) groups excluding carboxylic acids is 2. The van der Waals surface area contributed by atoms with Gasteiger partial charge in [-0.3, -0.25) is 9.59 Å². The Labute approximate surface area is 124 Å². The van der Waals surface area contributed by atoms with Crippen molar-refractivity contribution in [1.82, 2.24) is 5.32 Å². The molecule has 0 aliphatic heterocycles. The number of carboxylic acid groups (broad SMARTS) is 1. The molecule has 0 bridgehead atoms. The topological polar surface area (TPSA) is 187 Å². The third-order valence-corrected chi connectivity index (χ3v) is 1.01. The molecule has 0 aromatic carbocycles. The van der Waals surface area contributed by atoms with Crippen LogP contribution in [-0.4, -0.2) is 53.5 Å². The fourth-order valence-corrected chi connectivity index (χ4v) is 0.458. The van der Waals surface area contributed by atoms with Gasteiger partial charge in [-0.2, -0.15) is 0 Å². The molecule has 0 aromatic rings. The summed E-state index contributed by atoms with van der Waals surface area (Å²) in [5.74, 6) is -2.37. The first-order chi connectivity index (χ1) is 7.47. The molecule has 0 fully saturated rings. The number of carbonyl (C=O) groups is 3. The maximum Gasteiger partial charge on any atom is 2.00 e. The zero-order chi connectivity index (χ0) is 13.0. The second kappa shape index (κ2) is 22.1. The molecule has 0 radical (unpaired) electrons. The molecule has 0 saturated heterocycles. The molecule has 0 aliphatic rings. The third kappa shape index (κ3) is 31.6. The van der Waals surface area contributed by atoms with E-state index in [1.54, 1.807) is 0 Å². The molecular formula is C9H22N3O6Zn+. The first kappa shape index (κ1) is 30.7. The molecule has 9 nitrogen and oxygen atoms in total. The van der Waals surface area contributed by atoms with Crippen molar-refractivity contribution in [2.75, 3.05) is 19.6 Å². The Hall–Kier alpha value is -1.09. The van der Waals surface area contributed by atoms with Crippen LogP contribution in [0, 0.1) is 0 Å². The Balaban J connectivity index is -0.0000000992. The maximum atomic E-state index is 10.7. The summed E-state index contributed by atoms with van der Waals surface area (Å²) in [5, 5.41) is 13.4. The smallest absolute Gasteiger partial charge is 0.643 e. The van der Waals surface area contributed by atoms with Crippen molar-refractivity contribution in [3.63, 3.8) is 0 Å². The fraction of sp³-hybridized carbons (Fsp3) is 0.667. The molecule has 0 spiro atoms. The Morgan fingerprint density at radius 3 is 1.95 bits per heavy atom. The number of nitrogens with one attached hydrogen (secondary N) is 1. The van der Waals surface area contributed by atoms with Gasteiger partial charge in [0.15, 0.2) is 0 Å². The molecule has 0 unspecified atom stereocenters. The number of nitrogens with two attached hydrogens (primary N) is 1. The van der Waals surface area contributed by atoms with Crippen LogP contribution in [0.4, 0.5) is 0 Å². The predicted molar refractivity (Wildman–Crippen MR) is 66.1 cm³/mol. The molecule has 0 rings (SSSR count). The molecular weight excluding hydrogens is 312 g/mol. The normalized spacial score (nSPS) is 7.11. The average molecular weight is 334 g/mol. The van der Waals surface area contributed by atoms with Crippen LogP contribution in [0.1, 0.15) is 20.3 Å². The Morgan fingerprint density at radius 1 is 1.21 bits per heavy atom. The molecule has 110 valence electrons. The van der Waals surface area contributed by atoms with E-state index in [-0.39, 0.29) is 43.5 Å². The van der Waals surface area contributed by atoms with Crippen LogP contribution in [0.2, 0.25) is 0 Å². The molecule has 2 amide bonds. The van der Waals surface area contributed by atoms with Gasteiger partial charge < -0.3 is 37.2 Å². The Morgan fingerprint density at radius 2 is 1.63 bits per heavy atom. The van der Waals surface area contributed by atoms with Crippen LogP contribution in [0.25, 0.3) is 5.32 Å². The van der Waals surface area contributed by atoms with Crippen molar-refractivity contribution in [3.05, 3.63) is 5.32 Å². The van der Waals surface area contributed by atoms with E-state index < -0.39 is 24.3 Å².